The molecule has 0 unspecified atom stereocenters. The van der Waals surface area contributed by atoms with Crippen LogP contribution in [0.3, 0.4) is 0 Å². The Hall–Kier alpha value is -0.410. The molecule has 0 aromatic carbocycles. The van der Waals surface area contributed by atoms with Gasteiger partial charge in [-0.2, -0.15) is 0 Å². The summed E-state index contributed by atoms with van der Waals surface area (Å²) >= 11 is 0. The predicted molar refractivity (Wildman–Crippen MR) is 95.8 cm³/mol. The van der Waals surface area contributed by atoms with Crippen LogP contribution in [0.25, 0.3) is 0 Å². The summed E-state index contributed by atoms with van der Waals surface area (Å²) in [6.07, 6.45) is 10.1. The van der Waals surface area contributed by atoms with Crippen molar-refractivity contribution in [1.29, 1.82) is 0 Å². The normalized spacial score (nSPS) is 29.0. The number of carbonyl (C=O) groups excluding carboxylic acids is 1. The molecule has 3 fully saturated rings. The van der Waals surface area contributed by atoms with Gasteiger partial charge in [-0.25, -0.2) is 0 Å². The van der Waals surface area contributed by atoms with Crippen molar-refractivity contribution >= 4 is 5.78 Å². The highest BCUT2D eigenvalue weighted by Crippen LogP contribution is 2.56. The van der Waals surface area contributed by atoms with Crippen LogP contribution in [0, 0.1) is 10.8 Å². The van der Waals surface area contributed by atoms with E-state index in [-0.39, 0.29) is 0 Å². The number of rotatable bonds is 10. The van der Waals surface area contributed by atoms with Crippen LogP contribution in [-0.2, 0) is 14.3 Å². The molecule has 3 heteroatoms. The second-order valence-corrected chi connectivity index (χ2v) is 7.19. The van der Waals surface area contributed by atoms with Gasteiger partial charge in [0.1, 0.15) is 5.78 Å². The molecule has 0 spiro atoms. The lowest BCUT2D eigenvalue weighted by atomic mass is 9.54. The Kier molecular flexibility index (Phi) is 9.38. The molecule has 3 aliphatic carbocycles. The molecule has 3 aliphatic rings. The summed E-state index contributed by atoms with van der Waals surface area (Å²) < 4.78 is 11.6. The molecule has 2 bridgehead atoms. The summed E-state index contributed by atoms with van der Waals surface area (Å²) in [5.41, 5.74) is 0.911. The smallest absolute Gasteiger partial charge is 0.132 e. The Morgan fingerprint density at radius 3 is 1.78 bits per heavy atom. The number of Topliss-reactive ketones (excluding diaryl/α,β-unsaturated/α-hetero) is 1. The Morgan fingerprint density at radius 2 is 1.35 bits per heavy atom. The molecule has 0 heterocycles. The van der Waals surface area contributed by atoms with E-state index in [2.05, 4.69) is 6.92 Å². The second kappa shape index (κ2) is 10.5. The van der Waals surface area contributed by atoms with Gasteiger partial charge >= 0.3 is 0 Å². The summed E-state index contributed by atoms with van der Waals surface area (Å²) in [4.78, 5) is 11.3. The van der Waals surface area contributed by atoms with E-state index in [0.717, 1.165) is 32.8 Å². The number of ether oxygens (including phenoxy) is 2. The number of hydrogen-bond donors (Lipinski definition) is 0. The molecule has 23 heavy (non-hydrogen) atoms. The molecule has 136 valence electrons. The van der Waals surface area contributed by atoms with E-state index in [1.165, 1.54) is 38.5 Å². The summed E-state index contributed by atoms with van der Waals surface area (Å²) in [6, 6.07) is 0. The Balaban J connectivity index is 0.00000127. The molecule has 0 amide bonds. The number of carbonyl (C=O) groups is 1. The molecular weight excluding hydrogens is 288 g/mol. The van der Waals surface area contributed by atoms with Gasteiger partial charge in [-0.15, -0.1) is 0 Å². The Labute approximate surface area is 143 Å². The zero-order valence-corrected chi connectivity index (χ0v) is 15.9. The first-order valence-corrected chi connectivity index (χ1v) is 9.81. The number of hydrogen-bond acceptors (Lipinski definition) is 3. The van der Waals surface area contributed by atoms with Crippen LogP contribution in [0.2, 0.25) is 0 Å². The van der Waals surface area contributed by atoms with Gasteiger partial charge in [-0.1, -0.05) is 20.8 Å². The zero-order chi connectivity index (χ0) is 17.2. The second-order valence-electron chi connectivity index (χ2n) is 7.19. The standard InChI is InChI=1S/C18H32O3.C2H6/c1-3-16(19)6-5-13-21-15-18-10-7-17(8-11-18,9-12-18)14-20-4-2;1-2/h3-15H2,1-2H3;1-2H3. The van der Waals surface area contributed by atoms with Crippen molar-refractivity contribution in [2.24, 2.45) is 10.8 Å². The van der Waals surface area contributed by atoms with E-state index in [9.17, 15) is 4.79 Å². The van der Waals surface area contributed by atoms with Gasteiger partial charge in [-0.3, -0.25) is 4.79 Å². The van der Waals surface area contributed by atoms with Gasteiger partial charge in [0.25, 0.3) is 0 Å². The fourth-order valence-corrected chi connectivity index (χ4v) is 3.93. The van der Waals surface area contributed by atoms with E-state index in [0.29, 0.717) is 29.5 Å². The van der Waals surface area contributed by atoms with Gasteiger partial charge < -0.3 is 9.47 Å². The molecule has 0 aromatic heterocycles. The molecule has 3 nitrogen and oxygen atoms in total. The van der Waals surface area contributed by atoms with Crippen LogP contribution in [0.5, 0.6) is 0 Å². The van der Waals surface area contributed by atoms with Crippen molar-refractivity contribution in [2.45, 2.75) is 85.5 Å². The van der Waals surface area contributed by atoms with Gasteiger partial charge in [0, 0.05) is 26.1 Å². The van der Waals surface area contributed by atoms with Crippen LogP contribution in [-0.4, -0.2) is 32.2 Å². The molecule has 3 saturated carbocycles. The van der Waals surface area contributed by atoms with Crippen molar-refractivity contribution in [3.63, 3.8) is 0 Å². The third-order valence-electron chi connectivity index (χ3n) is 5.72. The molecule has 0 atom stereocenters. The lowest BCUT2D eigenvalue weighted by Crippen LogP contribution is -2.46. The van der Waals surface area contributed by atoms with Crippen molar-refractivity contribution in [2.75, 3.05) is 26.4 Å². The van der Waals surface area contributed by atoms with E-state index >= 15 is 0 Å². The average Bonchev–Trinajstić information content (AvgIpc) is 2.63. The first kappa shape index (κ1) is 20.6. The van der Waals surface area contributed by atoms with Crippen LogP contribution >= 0.6 is 0 Å². The van der Waals surface area contributed by atoms with Crippen LogP contribution in [0.1, 0.15) is 85.5 Å². The highest BCUT2D eigenvalue weighted by molar-refractivity contribution is 5.77. The molecule has 0 aliphatic heterocycles. The van der Waals surface area contributed by atoms with Crippen molar-refractivity contribution in [3.05, 3.63) is 0 Å². The first-order valence-electron chi connectivity index (χ1n) is 9.81. The third-order valence-corrected chi connectivity index (χ3v) is 5.72. The predicted octanol–water partition coefficient (Wildman–Crippen LogP) is 5.17. The largest absolute Gasteiger partial charge is 0.381 e. The van der Waals surface area contributed by atoms with E-state index < -0.39 is 0 Å². The monoisotopic (exact) mass is 326 g/mol. The quantitative estimate of drug-likeness (QED) is 0.520. The molecule has 0 N–H and O–H groups in total. The minimum absolute atomic E-state index is 0.354. The lowest BCUT2D eigenvalue weighted by Gasteiger charge is -2.53. The third kappa shape index (κ3) is 6.19. The summed E-state index contributed by atoms with van der Waals surface area (Å²) in [6.45, 7) is 11.5. The van der Waals surface area contributed by atoms with Gasteiger partial charge in [0.15, 0.2) is 0 Å². The highest BCUT2D eigenvalue weighted by Gasteiger charge is 2.48. The summed E-state index contributed by atoms with van der Waals surface area (Å²) in [5.74, 6) is 0.354. The van der Waals surface area contributed by atoms with Crippen molar-refractivity contribution in [3.8, 4) is 0 Å². The summed E-state index contributed by atoms with van der Waals surface area (Å²) in [7, 11) is 0. The maximum absolute atomic E-state index is 11.3. The average molecular weight is 327 g/mol. The molecular formula is C20H38O3. The Morgan fingerprint density at radius 1 is 0.870 bits per heavy atom. The minimum atomic E-state index is 0.354. The van der Waals surface area contributed by atoms with Gasteiger partial charge in [-0.05, 0) is 62.7 Å². The van der Waals surface area contributed by atoms with Crippen LogP contribution in [0.4, 0.5) is 0 Å². The van der Waals surface area contributed by atoms with E-state index in [1.807, 2.05) is 20.8 Å². The summed E-state index contributed by atoms with van der Waals surface area (Å²) in [5, 5.41) is 0. The minimum Gasteiger partial charge on any atom is -0.381 e. The number of fused-ring (bicyclic) bond motifs is 3. The Bertz CT molecular complexity index is 313. The zero-order valence-electron chi connectivity index (χ0n) is 15.9. The van der Waals surface area contributed by atoms with Crippen LogP contribution in [0.15, 0.2) is 0 Å². The maximum atomic E-state index is 11.3. The SMILES string of the molecule is CC.CCOCC12CCC(COCCCC(=O)CC)(CC1)CC2. The maximum Gasteiger partial charge on any atom is 0.132 e. The van der Waals surface area contributed by atoms with Gasteiger partial charge in [0.05, 0.1) is 13.2 Å². The fourth-order valence-electron chi connectivity index (χ4n) is 3.93. The van der Waals surface area contributed by atoms with E-state index in [1.54, 1.807) is 0 Å². The molecule has 0 radical (unpaired) electrons. The lowest BCUT2D eigenvalue weighted by molar-refractivity contribution is -0.119. The van der Waals surface area contributed by atoms with Gasteiger partial charge in [0.2, 0.25) is 0 Å². The topological polar surface area (TPSA) is 35.5 Å². The first-order chi connectivity index (χ1) is 11.1. The fraction of sp³-hybridized carbons (Fsp3) is 0.950. The van der Waals surface area contributed by atoms with Crippen molar-refractivity contribution < 1.29 is 14.3 Å². The highest BCUT2D eigenvalue weighted by atomic mass is 16.5. The van der Waals surface area contributed by atoms with Crippen LogP contribution < -0.4 is 0 Å². The molecule has 0 aromatic rings. The van der Waals surface area contributed by atoms with Crippen molar-refractivity contribution in [1.82, 2.24) is 0 Å². The molecule has 3 rings (SSSR count). The van der Waals surface area contributed by atoms with E-state index in [4.69, 9.17) is 9.47 Å². The number of ketones is 1. The molecule has 0 saturated heterocycles.